The Balaban J connectivity index is 1.85. The molecule has 0 radical (unpaired) electrons. The number of nitrogens with one attached hydrogen (secondary N) is 2. The maximum absolute atomic E-state index is 11.7. The van der Waals surface area contributed by atoms with Gasteiger partial charge in [-0.15, -0.1) is 0 Å². The number of ether oxygens (including phenoxy) is 1. The first-order valence-electron chi connectivity index (χ1n) is 11.3. The van der Waals surface area contributed by atoms with Crippen molar-refractivity contribution < 1.29 is 13.2 Å². The van der Waals surface area contributed by atoms with Crippen molar-refractivity contribution in [1.29, 1.82) is 0 Å². The van der Waals surface area contributed by atoms with E-state index in [0.717, 1.165) is 32.4 Å². The third kappa shape index (κ3) is 6.34. The molecule has 3 atom stereocenters. The highest BCUT2D eigenvalue weighted by Crippen LogP contribution is 2.32. The maximum atomic E-state index is 11.7. The minimum absolute atomic E-state index is 0.219. The van der Waals surface area contributed by atoms with Gasteiger partial charge in [-0.1, -0.05) is 6.42 Å². The molecule has 0 amide bonds. The van der Waals surface area contributed by atoms with Crippen LogP contribution in [-0.2, 0) is 14.8 Å². The number of hydrogen-bond acceptors (Lipinski definition) is 5. The van der Waals surface area contributed by atoms with Crippen LogP contribution in [0.4, 0.5) is 11.4 Å². The monoisotopic (exact) mass is 439 g/mol. The van der Waals surface area contributed by atoms with Crippen molar-refractivity contribution in [2.75, 3.05) is 29.9 Å². The van der Waals surface area contributed by atoms with Crippen LogP contribution in [0.25, 0.3) is 0 Å². The van der Waals surface area contributed by atoms with E-state index in [0.29, 0.717) is 12.6 Å². The Morgan fingerprint density at radius 3 is 2.40 bits per heavy atom. The molecular formula is C23H41N3O3S. The molecule has 1 aliphatic heterocycles. The quantitative estimate of drug-likeness (QED) is 0.534. The first-order valence-corrected chi connectivity index (χ1v) is 12.8. The molecule has 0 saturated carbocycles. The molecule has 1 aliphatic rings. The molecule has 1 fully saturated rings. The van der Waals surface area contributed by atoms with Crippen LogP contribution in [0.1, 0.15) is 65.0 Å². The fourth-order valence-electron chi connectivity index (χ4n) is 3.88. The van der Waals surface area contributed by atoms with Gasteiger partial charge < -0.3 is 15.0 Å². The number of anilines is 2. The van der Waals surface area contributed by atoms with Crippen LogP contribution >= 0.6 is 0 Å². The van der Waals surface area contributed by atoms with E-state index in [1.165, 1.54) is 22.5 Å². The molecule has 1 aromatic rings. The molecule has 6 nitrogen and oxygen atoms in total. The zero-order valence-corrected chi connectivity index (χ0v) is 20.6. The van der Waals surface area contributed by atoms with E-state index in [-0.39, 0.29) is 17.5 Å². The van der Waals surface area contributed by atoms with E-state index in [1.807, 2.05) is 0 Å². The third-order valence-electron chi connectivity index (χ3n) is 6.23. The SMILES string of the molecule is Cc1c(NCCCCCNS(=O)(=O)C(C)C)ccc(N2C[C@H](C)O[C@H](C)C2C)c1C. The molecule has 0 aromatic heterocycles. The zero-order valence-electron chi connectivity index (χ0n) is 19.8. The highest BCUT2D eigenvalue weighted by molar-refractivity contribution is 7.90. The summed E-state index contributed by atoms with van der Waals surface area (Å²) in [5.41, 5.74) is 5.08. The predicted octanol–water partition coefficient (Wildman–Crippen LogP) is 4.22. The average molecular weight is 440 g/mol. The molecule has 2 rings (SSSR count). The summed E-state index contributed by atoms with van der Waals surface area (Å²) in [7, 11) is -3.15. The normalized spacial score (nSPS) is 22.5. The molecule has 0 spiro atoms. The van der Waals surface area contributed by atoms with Gasteiger partial charge in [0.15, 0.2) is 0 Å². The fourth-order valence-corrected chi connectivity index (χ4v) is 4.64. The lowest BCUT2D eigenvalue weighted by atomic mass is 10.0. The second-order valence-corrected chi connectivity index (χ2v) is 11.2. The molecule has 2 N–H and O–H groups in total. The standard InChI is InChI=1S/C23H41N3O3S/c1-16(2)30(27,28)25-14-10-8-9-13-24-22-11-12-23(19(5)18(22)4)26-15-17(3)29-21(7)20(26)6/h11-12,16-17,20-21,24-25H,8-10,13-15H2,1-7H3/t17-,20?,21+/m0/s1. The summed E-state index contributed by atoms with van der Waals surface area (Å²) in [6.45, 7) is 16.6. The Morgan fingerprint density at radius 1 is 1.07 bits per heavy atom. The van der Waals surface area contributed by atoms with Crippen molar-refractivity contribution in [2.24, 2.45) is 0 Å². The van der Waals surface area contributed by atoms with Gasteiger partial charge in [0.1, 0.15) is 0 Å². The number of morpholine rings is 1. The minimum Gasteiger partial charge on any atom is -0.385 e. The van der Waals surface area contributed by atoms with Crippen LogP contribution < -0.4 is 14.9 Å². The summed E-state index contributed by atoms with van der Waals surface area (Å²) in [5.74, 6) is 0. The molecule has 0 aliphatic carbocycles. The fraction of sp³-hybridized carbons (Fsp3) is 0.739. The van der Waals surface area contributed by atoms with Gasteiger partial charge in [-0.3, -0.25) is 0 Å². The number of hydrogen-bond donors (Lipinski definition) is 2. The Labute approximate surface area is 183 Å². The van der Waals surface area contributed by atoms with E-state index >= 15 is 0 Å². The number of unbranched alkanes of at least 4 members (excludes halogenated alkanes) is 2. The van der Waals surface area contributed by atoms with Gasteiger partial charge in [0.25, 0.3) is 0 Å². The van der Waals surface area contributed by atoms with E-state index < -0.39 is 10.0 Å². The van der Waals surface area contributed by atoms with E-state index in [2.05, 4.69) is 61.7 Å². The Morgan fingerprint density at radius 2 is 1.73 bits per heavy atom. The van der Waals surface area contributed by atoms with Crippen LogP contribution in [0.5, 0.6) is 0 Å². The first kappa shape index (κ1) is 25.0. The summed E-state index contributed by atoms with van der Waals surface area (Å²) in [6.07, 6.45) is 3.31. The van der Waals surface area contributed by atoms with Crippen LogP contribution in [0.2, 0.25) is 0 Å². The van der Waals surface area contributed by atoms with Crippen LogP contribution in [0.15, 0.2) is 12.1 Å². The Hall–Kier alpha value is -1.31. The van der Waals surface area contributed by atoms with E-state index in [1.54, 1.807) is 13.8 Å². The number of benzene rings is 1. The van der Waals surface area contributed by atoms with Crippen molar-refractivity contribution in [3.63, 3.8) is 0 Å². The topological polar surface area (TPSA) is 70.7 Å². The largest absolute Gasteiger partial charge is 0.385 e. The molecule has 1 aromatic carbocycles. The highest BCUT2D eigenvalue weighted by atomic mass is 32.2. The zero-order chi connectivity index (χ0) is 22.5. The summed E-state index contributed by atoms with van der Waals surface area (Å²) >= 11 is 0. The van der Waals surface area contributed by atoms with Gasteiger partial charge in [-0.25, -0.2) is 13.1 Å². The number of rotatable bonds is 10. The average Bonchev–Trinajstić information content (AvgIpc) is 2.67. The summed E-state index contributed by atoms with van der Waals surface area (Å²) < 4.78 is 32.1. The smallest absolute Gasteiger partial charge is 0.213 e. The minimum atomic E-state index is -3.15. The van der Waals surface area contributed by atoms with Gasteiger partial charge >= 0.3 is 0 Å². The van der Waals surface area contributed by atoms with Crippen LogP contribution in [0.3, 0.4) is 0 Å². The van der Waals surface area contributed by atoms with Gasteiger partial charge in [0.05, 0.1) is 23.5 Å². The number of sulfonamides is 1. The lowest BCUT2D eigenvalue weighted by molar-refractivity contribution is -0.0258. The maximum Gasteiger partial charge on any atom is 0.213 e. The molecule has 0 bridgehead atoms. The second kappa shape index (κ2) is 10.8. The molecule has 30 heavy (non-hydrogen) atoms. The van der Waals surface area contributed by atoms with Crippen LogP contribution in [-0.4, -0.2) is 51.6 Å². The second-order valence-electron chi connectivity index (χ2n) is 8.90. The van der Waals surface area contributed by atoms with Crippen molar-refractivity contribution in [3.05, 3.63) is 23.3 Å². The first-order chi connectivity index (χ1) is 14.0. The van der Waals surface area contributed by atoms with Gasteiger partial charge in [-0.05, 0) is 84.6 Å². The summed E-state index contributed by atoms with van der Waals surface area (Å²) in [5, 5.41) is 3.18. The highest BCUT2D eigenvalue weighted by Gasteiger charge is 2.30. The lowest BCUT2D eigenvalue weighted by Crippen LogP contribution is -2.52. The summed E-state index contributed by atoms with van der Waals surface area (Å²) in [4.78, 5) is 2.48. The summed E-state index contributed by atoms with van der Waals surface area (Å²) in [6, 6.07) is 4.77. The Kier molecular flexibility index (Phi) is 9.00. The predicted molar refractivity (Wildman–Crippen MR) is 127 cm³/mol. The molecule has 1 saturated heterocycles. The van der Waals surface area contributed by atoms with E-state index in [9.17, 15) is 8.42 Å². The van der Waals surface area contributed by atoms with Crippen molar-refractivity contribution in [2.45, 2.75) is 91.2 Å². The molecular weight excluding hydrogens is 398 g/mol. The van der Waals surface area contributed by atoms with Gasteiger partial charge in [0.2, 0.25) is 10.0 Å². The number of nitrogens with zero attached hydrogens (tertiary/aromatic N) is 1. The molecule has 7 heteroatoms. The third-order valence-corrected chi connectivity index (χ3v) is 8.08. The van der Waals surface area contributed by atoms with Gasteiger partial charge in [-0.2, -0.15) is 0 Å². The van der Waals surface area contributed by atoms with Crippen LogP contribution in [0, 0.1) is 13.8 Å². The van der Waals surface area contributed by atoms with Crippen molar-refractivity contribution >= 4 is 21.4 Å². The molecule has 172 valence electrons. The van der Waals surface area contributed by atoms with Crippen molar-refractivity contribution in [1.82, 2.24) is 4.72 Å². The van der Waals surface area contributed by atoms with Gasteiger partial charge in [0, 0.05) is 31.0 Å². The van der Waals surface area contributed by atoms with Crippen molar-refractivity contribution in [3.8, 4) is 0 Å². The molecule has 1 unspecified atom stereocenters. The molecule has 1 heterocycles. The Bertz CT molecular complexity index is 795. The lowest BCUT2D eigenvalue weighted by Gasteiger charge is -2.43. The van der Waals surface area contributed by atoms with E-state index in [4.69, 9.17) is 4.74 Å².